The third kappa shape index (κ3) is 23.7. The summed E-state index contributed by atoms with van der Waals surface area (Å²) in [5.74, 6) is 0.259. The molecule has 4 nitrogen and oxygen atoms in total. The number of carbonyl (C=O) groups is 1. The molecule has 0 bridgehead atoms. The Balaban J connectivity index is 3.81. The van der Waals surface area contributed by atoms with Crippen LogP contribution in [0.4, 0.5) is 0 Å². The molecule has 0 fully saturated rings. The number of Topliss-reactive ketones (excluding diaryl/α,β-unsaturated/α-hetero) is 1. The first-order chi connectivity index (χ1) is 16.1. The van der Waals surface area contributed by atoms with Crippen LogP contribution in [0.15, 0.2) is 36.5 Å². The van der Waals surface area contributed by atoms with E-state index in [1.165, 1.54) is 32.1 Å². The fraction of sp³-hybridized carbons (Fsp3) is 0.759. The predicted octanol–water partition coefficient (Wildman–Crippen LogP) is 7.24. The number of carbonyl (C=O) groups excluding carboxylic acids is 1. The molecule has 2 atom stereocenters. The molecule has 0 saturated heterocycles. The Labute approximate surface area is 204 Å². The second-order valence-corrected chi connectivity index (χ2v) is 8.98. The van der Waals surface area contributed by atoms with Crippen molar-refractivity contribution in [3.05, 3.63) is 36.5 Å². The molecule has 2 N–H and O–H groups in total. The van der Waals surface area contributed by atoms with E-state index in [0.29, 0.717) is 12.8 Å². The van der Waals surface area contributed by atoms with Crippen LogP contribution in [0.5, 0.6) is 0 Å². The molecule has 0 aromatic carbocycles. The molecule has 0 saturated carbocycles. The molecule has 0 aliphatic heterocycles. The van der Waals surface area contributed by atoms with Crippen LogP contribution < -0.4 is 0 Å². The van der Waals surface area contributed by atoms with Crippen molar-refractivity contribution in [1.82, 2.24) is 0 Å². The summed E-state index contributed by atoms with van der Waals surface area (Å²) in [5, 5.41) is 18.5. The number of aliphatic hydroxyl groups excluding tert-OH is 2. The van der Waals surface area contributed by atoms with Gasteiger partial charge in [0.05, 0.1) is 19.3 Å². The van der Waals surface area contributed by atoms with Crippen LogP contribution in [0.25, 0.3) is 0 Å². The Morgan fingerprint density at radius 3 is 2.15 bits per heavy atom. The summed E-state index contributed by atoms with van der Waals surface area (Å²) in [6.45, 7) is 4.13. The number of rotatable bonds is 24. The van der Waals surface area contributed by atoms with Crippen molar-refractivity contribution in [3.8, 4) is 0 Å². The van der Waals surface area contributed by atoms with Crippen LogP contribution in [0.2, 0.25) is 0 Å². The molecule has 0 aliphatic carbocycles. The number of ketones is 1. The fourth-order valence-electron chi connectivity index (χ4n) is 3.64. The van der Waals surface area contributed by atoms with Gasteiger partial charge in [0.25, 0.3) is 0 Å². The van der Waals surface area contributed by atoms with Crippen LogP contribution in [-0.2, 0) is 9.53 Å². The first kappa shape index (κ1) is 31.8. The molecule has 2 unspecified atom stereocenters. The van der Waals surface area contributed by atoms with E-state index in [2.05, 4.69) is 50.3 Å². The van der Waals surface area contributed by atoms with Gasteiger partial charge in [0, 0.05) is 12.8 Å². The summed E-state index contributed by atoms with van der Waals surface area (Å²) >= 11 is 0. The number of hydrogen-bond acceptors (Lipinski definition) is 4. The predicted molar refractivity (Wildman–Crippen MR) is 140 cm³/mol. The minimum absolute atomic E-state index is 0.100. The Hall–Kier alpha value is -1.23. The first-order valence-electron chi connectivity index (χ1n) is 13.5. The zero-order valence-corrected chi connectivity index (χ0v) is 21.6. The van der Waals surface area contributed by atoms with Gasteiger partial charge < -0.3 is 14.9 Å². The van der Waals surface area contributed by atoms with Gasteiger partial charge in [-0.15, -0.1) is 0 Å². The van der Waals surface area contributed by atoms with Crippen molar-refractivity contribution < 1.29 is 19.7 Å². The van der Waals surface area contributed by atoms with E-state index in [4.69, 9.17) is 9.84 Å². The average Bonchev–Trinajstić information content (AvgIpc) is 2.82. The van der Waals surface area contributed by atoms with E-state index in [1.54, 1.807) is 0 Å². The van der Waals surface area contributed by atoms with Gasteiger partial charge in [-0.2, -0.15) is 0 Å². The Morgan fingerprint density at radius 2 is 1.45 bits per heavy atom. The quantitative estimate of drug-likeness (QED) is 0.117. The Morgan fingerprint density at radius 1 is 0.818 bits per heavy atom. The SMILES string of the molecule is CC/C=C\C/C=C\C/C=C\CCCCCCCC(=O)CC(CCCCCC)OCC(O)CO. The van der Waals surface area contributed by atoms with Crippen LogP contribution >= 0.6 is 0 Å². The largest absolute Gasteiger partial charge is 0.394 e. The second-order valence-electron chi connectivity index (χ2n) is 8.98. The van der Waals surface area contributed by atoms with Crippen molar-refractivity contribution in [3.63, 3.8) is 0 Å². The Kier molecular flexibility index (Phi) is 24.4. The molecule has 0 aromatic rings. The third-order valence-corrected chi connectivity index (χ3v) is 5.68. The van der Waals surface area contributed by atoms with Gasteiger partial charge in [-0.3, -0.25) is 4.79 Å². The van der Waals surface area contributed by atoms with Gasteiger partial charge >= 0.3 is 0 Å². The lowest BCUT2D eigenvalue weighted by Gasteiger charge is -2.19. The molecule has 0 amide bonds. The zero-order valence-electron chi connectivity index (χ0n) is 21.6. The number of allylic oxidation sites excluding steroid dienone is 6. The van der Waals surface area contributed by atoms with Crippen molar-refractivity contribution >= 4 is 5.78 Å². The second kappa shape index (κ2) is 25.4. The molecule has 192 valence electrons. The van der Waals surface area contributed by atoms with Crippen LogP contribution in [-0.4, -0.2) is 41.4 Å². The normalized spacial score (nSPS) is 14.1. The highest BCUT2D eigenvalue weighted by molar-refractivity contribution is 5.78. The van der Waals surface area contributed by atoms with Crippen LogP contribution in [0.1, 0.15) is 117 Å². The third-order valence-electron chi connectivity index (χ3n) is 5.68. The van der Waals surface area contributed by atoms with Crippen molar-refractivity contribution in [2.24, 2.45) is 0 Å². The summed E-state index contributed by atoms with van der Waals surface area (Å²) in [5.41, 5.74) is 0. The van der Waals surface area contributed by atoms with Crippen LogP contribution in [0.3, 0.4) is 0 Å². The van der Waals surface area contributed by atoms with Gasteiger partial charge in [0.2, 0.25) is 0 Å². The number of ether oxygens (including phenoxy) is 1. The molecular weight excluding hydrogens is 412 g/mol. The van der Waals surface area contributed by atoms with Crippen LogP contribution in [0, 0.1) is 0 Å². The van der Waals surface area contributed by atoms with E-state index < -0.39 is 6.10 Å². The maximum atomic E-state index is 12.4. The maximum absolute atomic E-state index is 12.4. The highest BCUT2D eigenvalue weighted by Crippen LogP contribution is 2.15. The summed E-state index contributed by atoms with van der Waals surface area (Å²) in [6, 6.07) is 0. The molecule has 33 heavy (non-hydrogen) atoms. The zero-order chi connectivity index (χ0) is 24.4. The van der Waals surface area contributed by atoms with Gasteiger partial charge in [0.1, 0.15) is 11.9 Å². The van der Waals surface area contributed by atoms with Gasteiger partial charge in [-0.1, -0.05) is 95.2 Å². The molecule has 0 spiro atoms. The smallest absolute Gasteiger partial charge is 0.135 e. The number of aliphatic hydroxyl groups is 2. The summed E-state index contributed by atoms with van der Waals surface area (Å²) in [6.07, 6.45) is 28.8. The minimum Gasteiger partial charge on any atom is -0.394 e. The first-order valence-corrected chi connectivity index (χ1v) is 13.5. The molecule has 0 rings (SSSR count). The Bertz CT molecular complexity index is 510. The molecular formula is C29H52O4. The van der Waals surface area contributed by atoms with Gasteiger partial charge in [-0.05, 0) is 44.9 Å². The van der Waals surface area contributed by atoms with Crippen molar-refractivity contribution in [2.45, 2.75) is 129 Å². The molecule has 0 heterocycles. The summed E-state index contributed by atoms with van der Waals surface area (Å²) in [7, 11) is 0. The molecule has 0 radical (unpaired) electrons. The lowest BCUT2D eigenvalue weighted by molar-refractivity contribution is -0.123. The standard InChI is InChI=1S/C29H52O4/c1-3-5-7-9-10-11-12-13-14-15-16-17-18-19-20-22-27(31)24-29(23-21-8-6-4-2)33-26-28(32)25-30/h5,7,10-11,13-14,28-30,32H,3-4,6,8-9,12,15-26H2,1-2H3/b7-5-,11-10-,14-13-. The van der Waals surface area contributed by atoms with Gasteiger partial charge in [-0.25, -0.2) is 0 Å². The minimum atomic E-state index is -0.863. The van der Waals surface area contributed by atoms with Crippen molar-refractivity contribution in [1.29, 1.82) is 0 Å². The van der Waals surface area contributed by atoms with E-state index >= 15 is 0 Å². The average molecular weight is 465 g/mol. The summed E-state index contributed by atoms with van der Waals surface area (Å²) < 4.78 is 5.73. The van der Waals surface area contributed by atoms with Crippen molar-refractivity contribution in [2.75, 3.05) is 13.2 Å². The number of unbranched alkanes of at least 4 members (excludes halogenated alkanes) is 8. The highest BCUT2D eigenvalue weighted by atomic mass is 16.5. The molecule has 4 heteroatoms. The van der Waals surface area contributed by atoms with E-state index in [-0.39, 0.29) is 25.1 Å². The fourth-order valence-corrected chi connectivity index (χ4v) is 3.64. The lowest BCUT2D eigenvalue weighted by Crippen LogP contribution is -2.26. The summed E-state index contributed by atoms with van der Waals surface area (Å²) in [4.78, 5) is 12.4. The highest BCUT2D eigenvalue weighted by Gasteiger charge is 2.16. The topological polar surface area (TPSA) is 66.8 Å². The maximum Gasteiger partial charge on any atom is 0.135 e. The van der Waals surface area contributed by atoms with E-state index in [0.717, 1.165) is 57.8 Å². The lowest BCUT2D eigenvalue weighted by atomic mass is 10.0. The molecule has 0 aromatic heterocycles. The number of hydrogen-bond donors (Lipinski definition) is 2. The molecule has 0 aliphatic rings. The monoisotopic (exact) mass is 464 g/mol. The van der Waals surface area contributed by atoms with E-state index in [9.17, 15) is 9.90 Å². The van der Waals surface area contributed by atoms with Gasteiger partial charge in [0.15, 0.2) is 0 Å². The van der Waals surface area contributed by atoms with E-state index in [1.807, 2.05) is 0 Å².